The van der Waals surface area contributed by atoms with Crippen molar-refractivity contribution in [2.75, 3.05) is 23.7 Å². The van der Waals surface area contributed by atoms with E-state index in [0.29, 0.717) is 5.69 Å². The average molecular weight is 441 g/mol. The van der Waals surface area contributed by atoms with Crippen LogP contribution in [-0.2, 0) is 14.8 Å². The number of carbonyl (C=O) groups excluding carboxylic acids is 1. The fourth-order valence-corrected chi connectivity index (χ4v) is 4.85. The van der Waals surface area contributed by atoms with Crippen LogP contribution in [-0.4, -0.2) is 39.8 Å². The Labute approximate surface area is 183 Å². The van der Waals surface area contributed by atoms with Gasteiger partial charge in [-0.3, -0.25) is 9.10 Å². The third kappa shape index (κ3) is 5.55. The van der Waals surface area contributed by atoms with Gasteiger partial charge in [-0.2, -0.15) is 0 Å². The van der Waals surface area contributed by atoms with E-state index in [1.54, 1.807) is 19.1 Å². The molecule has 0 saturated carbocycles. The first kappa shape index (κ1) is 22.6. The largest absolute Gasteiger partial charge is 0.491 e. The zero-order chi connectivity index (χ0) is 22.6. The molecule has 0 aliphatic rings. The lowest BCUT2D eigenvalue weighted by Gasteiger charge is -2.28. The van der Waals surface area contributed by atoms with Crippen LogP contribution in [0.25, 0.3) is 10.8 Å². The molecule has 0 spiro atoms. The molecule has 3 aromatic carbocycles. The predicted octanol–water partition coefficient (Wildman–Crippen LogP) is 3.81. The Kier molecular flexibility index (Phi) is 6.85. The Morgan fingerprint density at radius 3 is 2.35 bits per heavy atom. The van der Waals surface area contributed by atoms with Gasteiger partial charge in [0.25, 0.3) is 0 Å². The number of benzene rings is 3. The highest BCUT2D eigenvalue weighted by Gasteiger charge is 2.29. The normalized spacial score (nSPS) is 12.4. The number of anilines is 1. The molecular formula is C24H28N2O4S. The van der Waals surface area contributed by atoms with E-state index in [9.17, 15) is 13.2 Å². The molecule has 1 amide bonds. The maximum atomic E-state index is 12.7. The molecule has 6 nitrogen and oxygen atoms in total. The van der Waals surface area contributed by atoms with E-state index >= 15 is 0 Å². The molecule has 164 valence electrons. The van der Waals surface area contributed by atoms with E-state index in [4.69, 9.17) is 4.74 Å². The second kappa shape index (κ2) is 9.39. The molecule has 3 aromatic rings. The third-order valence-electron chi connectivity index (χ3n) is 4.96. The van der Waals surface area contributed by atoms with E-state index < -0.39 is 16.1 Å². The predicted molar refractivity (Wildman–Crippen MR) is 125 cm³/mol. The average Bonchev–Trinajstić information content (AvgIpc) is 2.69. The Balaban J connectivity index is 1.65. The van der Waals surface area contributed by atoms with Gasteiger partial charge in [-0.05, 0) is 55.5 Å². The zero-order valence-corrected chi connectivity index (χ0v) is 19.1. The Hall–Kier alpha value is -3.06. The summed E-state index contributed by atoms with van der Waals surface area (Å²) in [4.78, 5) is 12.7. The SMILES string of the molecule is Cc1cc(C)cc(N(C(C)C(=O)NCCOc2cccc3ccccc23)S(C)(=O)=O)c1. The zero-order valence-electron chi connectivity index (χ0n) is 18.3. The number of hydrogen-bond donors (Lipinski definition) is 1. The first-order chi connectivity index (χ1) is 14.7. The van der Waals surface area contributed by atoms with Crippen molar-refractivity contribution in [1.29, 1.82) is 0 Å². The number of sulfonamides is 1. The molecule has 0 bridgehead atoms. The van der Waals surface area contributed by atoms with Crippen LogP contribution in [0.2, 0.25) is 0 Å². The molecule has 0 aliphatic carbocycles. The van der Waals surface area contributed by atoms with Crippen LogP contribution in [0, 0.1) is 13.8 Å². The number of ether oxygens (including phenoxy) is 1. The number of amides is 1. The molecule has 1 atom stereocenters. The van der Waals surface area contributed by atoms with Crippen molar-refractivity contribution < 1.29 is 17.9 Å². The van der Waals surface area contributed by atoms with Gasteiger partial charge in [-0.15, -0.1) is 0 Å². The molecule has 0 saturated heterocycles. The topological polar surface area (TPSA) is 75.7 Å². The molecule has 0 heterocycles. The first-order valence-electron chi connectivity index (χ1n) is 10.1. The quantitative estimate of drug-likeness (QED) is 0.541. The number of nitrogens with zero attached hydrogens (tertiary/aromatic N) is 1. The summed E-state index contributed by atoms with van der Waals surface area (Å²) in [6.07, 6.45) is 1.11. The Bertz CT molecular complexity index is 1170. The lowest BCUT2D eigenvalue weighted by atomic mass is 10.1. The standard InChI is InChI=1S/C24H28N2O4S/c1-17-14-18(2)16-21(15-17)26(31(4,28)29)19(3)24(27)25-12-13-30-23-11-7-9-20-8-5-6-10-22(20)23/h5-11,14-16,19H,12-13H2,1-4H3,(H,25,27). The highest BCUT2D eigenvalue weighted by Crippen LogP contribution is 2.25. The molecule has 0 aromatic heterocycles. The highest BCUT2D eigenvalue weighted by molar-refractivity contribution is 7.92. The summed E-state index contributed by atoms with van der Waals surface area (Å²) in [6, 6.07) is 18.3. The van der Waals surface area contributed by atoms with Crippen LogP contribution in [0.3, 0.4) is 0 Å². The second-order valence-corrected chi connectivity index (χ2v) is 9.56. The van der Waals surface area contributed by atoms with Crippen molar-refractivity contribution in [3.05, 3.63) is 71.8 Å². The summed E-state index contributed by atoms with van der Waals surface area (Å²) < 4.78 is 31.9. The summed E-state index contributed by atoms with van der Waals surface area (Å²) in [5.41, 5.74) is 2.34. The summed E-state index contributed by atoms with van der Waals surface area (Å²) in [6.45, 7) is 5.91. The molecule has 0 radical (unpaired) electrons. The first-order valence-corrected chi connectivity index (χ1v) is 12.0. The summed E-state index contributed by atoms with van der Waals surface area (Å²) in [5, 5.41) is 4.86. The van der Waals surface area contributed by atoms with Crippen molar-refractivity contribution in [1.82, 2.24) is 5.32 Å². The fraction of sp³-hybridized carbons (Fsp3) is 0.292. The van der Waals surface area contributed by atoms with Gasteiger partial charge < -0.3 is 10.1 Å². The monoisotopic (exact) mass is 440 g/mol. The molecule has 3 rings (SSSR count). The van der Waals surface area contributed by atoms with Gasteiger partial charge in [-0.1, -0.05) is 42.5 Å². The summed E-state index contributed by atoms with van der Waals surface area (Å²) in [7, 11) is -3.65. The van der Waals surface area contributed by atoms with Gasteiger partial charge in [0.2, 0.25) is 15.9 Å². The summed E-state index contributed by atoms with van der Waals surface area (Å²) >= 11 is 0. The van der Waals surface area contributed by atoms with Gasteiger partial charge in [-0.25, -0.2) is 8.42 Å². The molecule has 0 aliphatic heterocycles. The fourth-order valence-electron chi connectivity index (χ4n) is 3.69. The molecule has 1 N–H and O–H groups in total. The molecular weight excluding hydrogens is 412 g/mol. The van der Waals surface area contributed by atoms with E-state index in [1.807, 2.05) is 62.4 Å². The van der Waals surface area contributed by atoms with Crippen LogP contribution in [0.4, 0.5) is 5.69 Å². The smallest absolute Gasteiger partial charge is 0.243 e. The highest BCUT2D eigenvalue weighted by atomic mass is 32.2. The van der Waals surface area contributed by atoms with Crippen LogP contribution < -0.4 is 14.4 Å². The minimum absolute atomic E-state index is 0.261. The van der Waals surface area contributed by atoms with Crippen molar-refractivity contribution in [2.24, 2.45) is 0 Å². The van der Waals surface area contributed by atoms with Gasteiger partial charge in [0, 0.05) is 5.39 Å². The third-order valence-corrected chi connectivity index (χ3v) is 6.20. The lowest BCUT2D eigenvalue weighted by Crippen LogP contribution is -2.48. The van der Waals surface area contributed by atoms with E-state index in [1.165, 1.54) is 0 Å². The maximum Gasteiger partial charge on any atom is 0.243 e. The van der Waals surface area contributed by atoms with E-state index in [0.717, 1.165) is 38.2 Å². The van der Waals surface area contributed by atoms with Crippen LogP contribution in [0.5, 0.6) is 5.75 Å². The van der Waals surface area contributed by atoms with Crippen molar-refractivity contribution in [2.45, 2.75) is 26.8 Å². The number of rotatable bonds is 8. The maximum absolute atomic E-state index is 12.7. The van der Waals surface area contributed by atoms with Crippen molar-refractivity contribution >= 4 is 32.4 Å². The van der Waals surface area contributed by atoms with Crippen LogP contribution >= 0.6 is 0 Å². The number of fused-ring (bicyclic) bond motifs is 1. The van der Waals surface area contributed by atoms with Crippen LogP contribution in [0.15, 0.2) is 60.7 Å². The minimum atomic E-state index is -3.65. The molecule has 31 heavy (non-hydrogen) atoms. The minimum Gasteiger partial charge on any atom is -0.491 e. The van der Waals surface area contributed by atoms with Crippen LogP contribution in [0.1, 0.15) is 18.1 Å². The van der Waals surface area contributed by atoms with E-state index in [-0.39, 0.29) is 19.1 Å². The van der Waals surface area contributed by atoms with Gasteiger partial charge in [0.1, 0.15) is 18.4 Å². The molecule has 0 fully saturated rings. The summed E-state index contributed by atoms with van der Waals surface area (Å²) in [5.74, 6) is 0.361. The number of carbonyl (C=O) groups is 1. The van der Waals surface area contributed by atoms with Crippen molar-refractivity contribution in [3.63, 3.8) is 0 Å². The van der Waals surface area contributed by atoms with Gasteiger partial charge in [0.05, 0.1) is 18.5 Å². The molecule has 1 unspecified atom stereocenters. The van der Waals surface area contributed by atoms with E-state index in [2.05, 4.69) is 5.32 Å². The Morgan fingerprint density at radius 1 is 1.03 bits per heavy atom. The number of nitrogens with one attached hydrogen (secondary N) is 1. The Morgan fingerprint density at radius 2 is 1.68 bits per heavy atom. The van der Waals surface area contributed by atoms with Gasteiger partial charge in [0.15, 0.2) is 0 Å². The van der Waals surface area contributed by atoms with Gasteiger partial charge >= 0.3 is 0 Å². The van der Waals surface area contributed by atoms with Crippen molar-refractivity contribution in [3.8, 4) is 5.75 Å². The number of hydrogen-bond acceptors (Lipinski definition) is 4. The second-order valence-electron chi connectivity index (χ2n) is 7.70. The molecule has 7 heteroatoms. The lowest BCUT2D eigenvalue weighted by molar-refractivity contribution is -0.121. The number of aryl methyl sites for hydroxylation is 2.